The molecule has 0 unspecified atom stereocenters. The molecule has 4 rings (SSSR count). The summed E-state index contributed by atoms with van der Waals surface area (Å²) in [6.07, 6.45) is 5.48. The van der Waals surface area contributed by atoms with Crippen molar-refractivity contribution in [1.82, 2.24) is 5.32 Å². The van der Waals surface area contributed by atoms with Crippen LogP contribution >= 0.6 is 0 Å². The minimum absolute atomic E-state index is 0.0157. The number of fused-ring (bicyclic) bond motifs is 1. The van der Waals surface area contributed by atoms with Crippen molar-refractivity contribution in [3.8, 4) is 5.75 Å². The van der Waals surface area contributed by atoms with E-state index in [1.165, 1.54) is 17.0 Å². The fourth-order valence-electron chi connectivity index (χ4n) is 3.97. The average molecular weight is 408 g/mol. The van der Waals surface area contributed by atoms with Crippen molar-refractivity contribution >= 4 is 23.6 Å². The Labute approximate surface area is 175 Å². The Morgan fingerprint density at radius 1 is 1.13 bits per heavy atom. The average Bonchev–Trinajstić information content (AvgIpc) is 2.74. The van der Waals surface area contributed by atoms with E-state index in [4.69, 9.17) is 4.74 Å². The summed E-state index contributed by atoms with van der Waals surface area (Å²) in [6, 6.07) is 13.3. The summed E-state index contributed by atoms with van der Waals surface area (Å²) in [4.78, 5) is 27.2. The molecule has 2 aromatic carbocycles. The number of ether oxygens (including phenoxy) is 1. The van der Waals surface area contributed by atoms with Crippen molar-refractivity contribution in [3.05, 3.63) is 65.7 Å². The molecule has 0 aromatic heterocycles. The van der Waals surface area contributed by atoms with Crippen LogP contribution in [0.2, 0.25) is 0 Å². The molecule has 2 amide bonds. The second-order valence-corrected chi connectivity index (χ2v) is 8.02. The molecule has 6 heteroatoms. The highest BCUT2D eigenvalue weighted by molar-refractivity contribution is 6.12. The molecule has 0 radical (unpaired) electrons. The summed E-state index contributed by atoms with van der Waals surface area (Å²) in [6.45, 7) is 2.12. The van der Waals surface area contributed by atoms with Gasteiger partial charge in [-0.2, -0.15) is 0 Å². The minimum Gasteiger partial charge on any atom is -0.449 e. The monoisotopic (exact) mass is 408 g/mol. The van der Waals surface area contributed by atoms with Crippen molar-refractivity contribution in [2.45, 2.75) is 38.6 Å². The summed E-state index contributed by atoms with van der Waals surface area (Å²) < 4.78 is 19.8. The van der Waals surface area contributed by atoms with Gasteiger partial charge in [-0.25, -0.2) is 4.39 Å². The molecule has 1 aliphatic heterocycles. The van der Waals surface area contributed by atoms with Crippen LogP contribution in [0.4, 0.5) is 10.1 Å². The van der Waals surface area contributed by atoms with E-state index in [1.54, 1.807) is 42.5 Å². The molecule has 2 aliphatic rings. The highest BCUT2D eigenvalue weighted by atomic mass is 19.1. The molecule has 1 heterocycles. The normalized spacial score (nSPS) is 22.4. The third-order valence-electron chi connectivity index (χ3n) is 5.71. The first-order valence-electron chi connectivity index (χ1n) is 10.4. The van der Waals surface area contributed by atoms with E-state index in [9.17, 15) is 14.0 Å². The lowest BCUT2D eigenvalue weighted by Crippen LogP contribution is -2.47. The summed E-state index contributed by atoms with van der Waals surface area (Å²) in [7, 11) is 0. The third-order valence-corrected chi connectivity index (χ3v) is 5.71. The first-order valence-corrected chi connectivity index (χ1v) is 10.4. The first-order chi connectivity index (χ1) is 14.5. The number of benzene rings is 2. The smallest absolute Gasteiger partial charge is 0.294 e. The second kappa shape index (κ2) is 8.69. The SMILES string of the molecule is CC1CCC(NC(=O)CN2C(=O)/C(=C/c3ccccc3F)Oc3ccccc32)CC1. The molecule has 1 N–H and O–H groups in total. The van der Waals surface area contributed by atoms with E-state index in [-0.39, 0.29) is 29.8 Å². The minimum atomic E-state index is -0.468. The molecule has 2 aromatic rings. The van der Waals surface area contributed by atoms with E-state index in [0.29, 0.717) is 17.4 Å². The topological polar surface area (TPSA) is 58.6 Å². The fraction of sp³-hybridized carbons (Fsp3) is 0.333. The number of halogens is 1. The predicted molar refractivity (Wildman–Crippen MR) is 113 cm³/mol. The number of hydrogen-bond donors (Lipinski definition) is 1. The van der Waals surface area contributed by atoms with E-state index in [2.05, 4.69) is 12.2 Å². The Kier molecular flexibility index (Phi) is 5.84. The Morgan fingerprint density at radius 2 is 1.83 bits per heavy atom. The zero-order valence-electron chi connectivity index (χ0n) is 16.9. The number of hydrogen-bond acceptors (Lipinski definition) is 3. The maximum Gasteiger partial charge on any atom is 0.294 e. The van der Waals surface area contributed by atoms with E-state index in [1.807, 2.05) is 0 Å². The van der Waals surface area contributed by atoms with Crippen molar-refractivity contribution in [1.29, 1.82) is 0 Å². The van der Waals surface area contributed by atoms with Crippen LogP contribution in [-0.4, -0.2) is 24.4 Å². The molecule has 5 nitrogen and oxygen atoms in total. The van der Waals surface area contributed by atoms with Gasteiger partial charge in [0, 0.05) is 11.6 Å². The molecule has 0 bridgehead atoms. The quantitative estimate of drug-likeness (QED) is 0.768. The van der Waals surface area contributed by atoms with Crippen LogP contribution in [0.1, 0.15) is 38.2 Å². The van der Waals surface area contributed by atoms with Gasteiger partial charge in [0.15, 0.2) is 11.5 Å². The molecular weight excluding hydrogens is 383 g/mol. The molecule has 1 aliphatic carbocycles. The van der Waals surface area contributed by atoms with Gasteiger partial charge in [-0.3, -0.25) is 14.5 Å². The van der Waals surface area contributed by atoms with Crippen molar-refractivity contribution in [3.63, 3.8) is 0 Å². The standard InChI is InChI=1S/C24H25FN2O3/c1-16-10-12-18(13-11-16)26-23(28)15-27-20-8-4-5-9-21(20)30-22(24(27)29)14-17-6-2-3-7-19(17)25/h2-9,14,16,18H,10-13,15H2,1H3,(H,26,28)/b22-14-. The Bertz CT molecular complexity index is 980. The maximum absolute atomic E-state index is 14.1. The zero-order valence-corrected chi connectivity index (χ0v) is 16.9. The number of nitrogens with one attached hydrogen (secondary N) is 1. The Morgan fingerprint density at radius 3 is 2.60 bits per heavy atom. The predicted octanol–water partition coefficient (Wildman–Crippen LogP) is 4.29. The van der Waals surface area contributed by atoms with Crippen LogP contribution < -0.4 is 15.0 Å². The van der Waals surface area contributed by atoms with Gasteiger partial charge in [0.05, 0.1) is 5.69 Å². The Hall–Kier alpha value is -3.15. The lowest BCUT2D eigenvalue weighted by atomic mass is 9.87. The van der Waals surface area contributed by atoms with Gasteiger partial charge in [0.2, 0.25) is 5.91 Å². The van der Waals surface area contributed by atoms with Crippen molar-refractivity contribution in [2.75, 3.05) is 11.4 Å². The first kappa shape index (κ1) is 20.1. The lowest BCUT2D eigenvalue weighted by molar-refractivity contribution is -0.124. The Balaban J connectivity index is 1.56. The van der Waals surface area contributed by atoms with Gasteiger partial charge in [0.1, 0.15) is 12.4 Å². The van der Waals surface area contributed by atoms with Gasteiger partial charge >= 0.3 is 0 Å². The van der Waals surface area contributed by atoms with Gasteiger partial charge in [-0.15, -0.1) is 0 Å². The number of para-hydroxylation sites is 2. The maximum atomic E-state index is 14.1. The summed E-state index contributed by atoms with van der Waals surface area (Å²) in [5.74, 6) is 0.0132. The van der Waals surface area contributed by atoms with Crippen molar-refractivity contribution < 1.29 is 18.7 Å². The summed E-state index contributed by atoms with van der Waals surface area (Å²) >= 11 is 0. The summed E-state index contributed by atoms with van der Waals surface area (Å²) in [5, 5.41) is 3.06. The lowest BCUT2D eigenvalue weighted by Gasteiger charge is -2.31. The van der Waals surface area contributed by atoms with Crippen LogP contribution in [0.15, 0.2) is 54.3 Å². The van der Waals surface area contributed by atoms with E-state index >= 15 is 0 Å². The summed E-state index contributed by atoms with van der Waals surface area (Å²) in [5.41, 5.74) is 0.779. The van der Waals surface area contributed by atoms with Crippen LogP contribution in [0.25, 0.3) is 6.08 Å². The molecule has 0 spiro atoms. The van der Waals surface area contributed by atoms with Gasteiger partial charge in [-0.05, 0) is 55.9 Å². The fourth-order valence-corrected chi connectivity index (χ4v) is 3.97. The molecule has 0 saturated heterocycles. The highest BCUT2D eigenvalue weighted by Gasteiger charge is 2.32. The van der Waals surface area contributed by atoms with Crippen LogP contribution in [-0.2, 0) is 9.59 Å². The van der Waals surface area contributed by atoms with Crippen LogP contribution in [0.5, 0.6) is 5.75 Å². The number of carbonyl (C=O) groups is 2. The second-order valence-electron chi connectivity index (χ2n) is 8.02. The molecule has 1 fully saturated rings. The molecule has 156 valence electrons. The number of rotatable bonds is 4. The van der Waals surface area contributed by atoms with Crippen LogP contribution in [0, 0.1) is 11.7 Å². The molecule has 0 atom stereocenters. The molecule has 1 saturated carbocycles. The van der Waals surface area contributed by atoms with Gasteiger partial charge in [-0.1, -0.05) is 37.3 Å². The van der Waals surface area contributed by atoms with Gasteiger partial charge in [0.25, 0.3) is 5.91 Å². The zero-order chi connectivity index (χ0) is 21.1. The van der Waals surface area contributed by atoms with Crippen molar-refractivity contribution in [2.24, 2.45) is 5.92 Å². The number of amides is 2. The third kappa shape index (κ3) is 4.37. The molecule has 30 heavy (non-hydrogen) atoms. The van der Waals surface area contributed by atoms with E-state index < -0.39 is 11.7 Å². The number of anilines is 1. The largest absolute Gasteiger partial charge is 0.449 e. The number of nitrogens with zero attached hydrogens (tertiary/aromatic N) is 1. The number of carbonyl (C=O) groups excluding carboxylic acids is 2. The highest BCUT2D eigenvalue weighted by Crippen LogP contribution is 2.35. The molecular formula is C24H25FN2O3. The van der Waals surface area contributed by atoms with Crippen LogP contribution in [0.3, 0.4) is 0 Å². The van der Waals surface area contributed by atoms with Gasteiger partial charge < -0.3 is 10.1 Å². The van der Waals surface area contributed by atoms with E-state index in [0.717, 1.165) is 25.7 Å².